The number of hydrogen-bond acceptors (Lipinski definition) is 3. The molecule has 1 fully saturated rings. The summed E-state index contributed by atoms with van der Waals surface area (Å²) in [6, 6.07) is 15.0. The Balaban J connectivity index is 1.70. The summed E-state index contributed by atoms with van der Waals surface area (Å²) in [5.41, 5.74) is 8.91. The van der Waals surface area contributed by atoms with Gasteiger partial charge >= 0.3 is 5.97 Å². The first kappa shape index (κ1) is 17.5. The van der Waals surface area contributed by atoms with Gasteiger partial charge in [0.2, 0.25) is 5.96 Å². The molecule has 7 nitrogen and oxygen atoms in total. The molecule has 0 atom stereocenters. The van der Waals surface area contributed by atoms with Crippen LogP contribution in [0.1, 0.15) is 17.5 Å². The molecule has 1 aliphatic heterocycles. The second kappa shape index (κ2) is 7.26. The van der Waals surface area contributed by atoms with Gasteiger partial charge in [-0.1, -0.05) is 12.1 Å². The maximum absolute atomic E-state index is 10.7. The standard InChI is InChI=1S/C19H21N5O2/c20-18(21)14-4-8-16(9-5-14)24-12-11-23(19(24)22)15-6-1-13(2-7-15)3-10-17(25)26/h1-2,4-9,22H,3,10-12H2,(H3,20,21)(H,25,26). The zero-order chi connectivity index (χ0) is 18.7. The Kier molecular flexibility index (Phi) is 4.88. The number of aliphatic carboxylic acids is 1. The number of carboxylic acids is 1. The molecule has 0 aromatic heterocycles. The Labute approximate surface area is 151 Å². The molecule has 0 bridgehead atoms. The second-order valence-electron chi connectivity index (χ2n) is 6.15. The van der Waals surface area contributed by atoms with E-state index in [1.807, 2.05) is 46.2 Å². The molecule has 0 spiro atoms. The number of aryl methyl sites for hydroxylation is 1. The van der Waals surface area contributed by atoms with Gasteiger partial charge in [0.25, 0.3) is 0 Å². The summed E-state index contributed by atoms with van der Waals surface area (Å²) in [6.07, 6.45) is 0.616. The van der Waals surface area contributed by atoms with E-state index in [-0.39, 0.29) is 12.3 Å². The molecule has 1 saturated heterocycles. The fraction of sp³-hybridized carbons (Fsp3) is 0.211. The van der Waals surface area contributed by atoms with E-state index in [0.717, 1.165) is 16.9 Å². The van der Waals surface area contributed by atoms with Crippen LogP contribution in [0.15, 0.2) is 48.5 Å². The van der Waals surface area contributed by atoms with Crippen LogP contribution in [0.5, 0.6) is 0 Å². The van der Waals surface area contributed by atoms with Gasteiger partial charge in [-0.15, -0.1) is 0 Å². The zero-order valence-electron chi connectivity index (χ0n) is 14.3. The van der Waals surface area contributed by atoms with Gasteiger partial charge < -0.3 is 20.6 Å². The largest absolute Gasteiger partial charge is 0.481 e. The number of benzene rings is 2. The van der Waals surface area contributed by atoms with Crippen LogP contribution in [0.4, 0.5) is 11.4 Å². The van der Waals surface area contributed by atoms with Gasteiger partial charge in [0.05, 0.1) is 0 Å². The third kappa shape index (κ3) is 3.66. The highest BCUT2D eigenvalue weighted by Gasteiger charge is 2.27. The van der Waals surface area contributed by atoms with Crippen molar-refractivity contribution in [2.45, 2.75) is 12.8 Å². The van der Waals surface area contributed by atoms with Crippen LogP contribution in [0.25, 0.3) is 0 Å². The van der Waals surface area contributed by atoms with Crippen molar-refractivity contribution in [3.63, 3.8) is 0 Å². The SMILES string of the molecule is N=C(N)c1ccc(N2CCN(c3ccc(CCC(=O)O)cc3)C2=N)cc1. The number of rotatable bonds is 6. The number of hydrogen-bond donors (Lipinski definition) is 4. The fourth-order valence-electron chi connectivity index (χ4n) is 2.98. The van der Waals surface area contributed by atoms with Crippen molar-refractivity contribution < 1.29 is 9.90 Å². The normalized spacial score (nSPS) is 13.9. The van der Waals surface area contributed by atoms with Crippen LogP contribution >= 0.6 is 0 Å². The van der Waals surface area contributed by atoms with Gasteiger partial charge in [-0.25, -0.2) is 0 Å². The summed E-state index contributed by atoms with van der Waals surface area (Å²) in [5, 5.41) is 24.7. The number of amidine groups is 1. The van der Waals surface area contributed by atoms with Crippen molar-refractivity contribution in [2.24, 2.45) is 5.73 Å². The first-order valence-corrected chi connectivity index (χ1v) is 8.34. The summed E-state index contributed by atoms with van der Waals surface area (Å²) < 4.78 is 0. The smallest absolute Gasteiger partial charge is 0.303 e. The first-order valence-electron chi connectivity index (χ1n) is 8.34. The van der Waals surface area contributed by atoms with Crippen LogP contribution in [-0.4, -0.2) is 36.0 Å². The van der Waals surface area contributed by atoms with Crippen LogP contribution in [0, 0.1) is 10.8 Å². The number of carbonyl (C=O) groups is 1. The number of nitrogens with zero attached hydrogens (tertiary/aromatic N) is 2. The van der Waals surface area contributed by atoms with Crippen molar-refractivity contribution >= 4 is 29.1 Å². The van der Waals surface area contributed by atoms with E-state index >= 15 is 0 Å². The van der Waals surface area contributed by atoms with Crippen molar-refractivity contribution in [3.8, 4) is 0 Å². The summed E-state index contributed by atoms with van der Waals surface area (Å²) in [7, 11) is 0. The van der Waals surface area contributed by atoms with E-state index in [9.17, 15) is 4.79 Å². The summed E-state index contributed by atoms with van der Waals surface area (Å²) in [5.74, 6) is -0.390. The number of nitrogens with two attached hydrogens (primary N) is 1. The molecule has 5 N–H and O–H groups in total. The molecule has 26 heavy (non-hydrogen) atoms. The molecule has 0 amide bonds. The van der Waals surface area contributed by atoms with Gasteiger partial charge in [-0.3, -0.25) is 15.6 Å². The number of guanidine groups is 1. The average Bonchev–Trinajstić information content (AvgIpc) is 3.02. The third-order valence-electron chi connectivity index (χ3n) is 4.42. The molecule has 7 heteroatoms. The average molecular weight is 351 g/mol. The van der Waals surface area contributed by atoms with Crippen LogP contribution in [-0.2, 0) is 11.2 Å². The van der Waals surface area contributed by atoms with Crippen molar-refractivity contribution in [1.82, 2.24) is 0 Å². The van der Waals surface area contributed by atoms with Crippen molar-refractivity contribution in [2.75, 3.05) is 22.9 Å². The molecule has 2 aromatic rings. The van der Waals surface area contributed by atoms with Gasteiger partial charge in [-0.2, -0.15) is 0 Å². The molecule has 2 aromatic carbocycles. The van der Waals surface area contributed by atoms with Crippen LogP contribution in [0.2, 0.25) is 0 Å². The van der Waals surface area contributed by atoms with E-state index in [2.05, 4.69) is 0 Å². The summed E-state index contributed by atoms with van der Waals surface area (Å²) in [6.45, 7) is 1.39. The lowest BCUT2D eigenvalue weighted by Gasteiger charge is -2.22. The molecule has 0 radical (unpaired) electrons. The molecule has 134 valence electrons. The third-order valence-corrected chi connectivity index (χ3v) is 4.42. The maximum Gasteiger partial charge on any atom is 0.303 e. The summed E-state index contributed by atoms with van der Waals surface area (Å²) in [4.78, 5) is 14.5. The lowest BCUT2D eigenvalue weighted by molar-refractivity contribution is -0.136. The van der Waals surface area contributed by atoms with E-state index in [1.54, 1.807) is 12.1 Å². The highest BCUT2D eigenvalue weighted by atomic mass is 16.4. The minimum Gasteiger partial charge on any atom is -0.481 e. The number of nitrogens with one attached hydrogen (secondary N) is 2. The van der Waals surface area contributed by atoms with E-state index in [1.165, 1.54) is 0 Å². The van der Waals surface area contributed by atoms with Crippen LogP contribution < -0.4 is 15.5 Å². The molecule has 0 saturated carbocycles. The molecule has 1 aliphatic rings. The van der Waals surface area contributed by atoms with Crippen molar-refractivity contribution in [1.29, 1.82) is 10.8 Å². The quantitative estimate of drug-likeness (QED) is 0.470. The molecule has 1 heterocycles. The van der Waals surface area contributed by atoms with E-state index < -0.39 is 5.97 Å². The lowest BCUT2D eigenvalue weighted by atomic mass is 10.1. The molecule has 0 unspecified atom stereocenters. The van der Waals surface area contributed by atoms with Gasteiger partial charge in [0, 0.05) is 36.4 Å². The number of carboxylic acid groups (broad SMARTS) is 1. The second-order valence-corrected chi connectivity index (χ2v) is 6.15. The highest BCUT2D eigenvalue weighted by Crippen LogP contribution is 2.25. The van der Waals surface area contributed by atoms with Crippen molar-refractivity contribution in [3.05, 3.63) is 59.7 Å². The lowest BCUT2D eigenvalue weighted by Crippen LogP contribution is -2.32. The Morgan fingerprint density at radius 2 is 1.50 bits per heavy atom. The van der Waals surface area contributed by atoms with E-state index in [0.29, 0.717) is 31.0 Å². The first-order chi connectivity index (χ1) is 12.5. The number of nitrogen functional groups attached to an aromatic ring is 1. The maximum atomic E-state index is 10.7. The van der Waals surface area contributed by atoms with Crippen LogP contribution in [0.3, 0.4) is 0 Å². The summed E-state index contributed by atoms with van der Waals surface area (Å²) >= 11 is 0. The number of anilines is 2. The molecular weight excluding hydrogens is 330 g/mol. The fourth-order valence-corrected chi connectivity index (χ4v) is 2.98. The molecular formula is C19H21N5O2. The Morgan fingerprint density at radius 3 is 1.96 bits per heavy atom. The highest BCUT2D eigenvalue weighted by molar-refractivity contribution is 6.07. The Morgan fingerprint density at radius 1 is 1.00 bits per heavy atom. The predicted molar refractivity (Wildman–Crippen MR) is 102 cm³/mol. The van der Waals surface area contributed by atoms with E-state index in [4.69, 9.17) is 21.7 Å². The Bertz CT molecular complexity index is 830. The Hall–Kier alpha value is -3.35. The monoisotopic (exact) mass is 351 g/mol. The topological polar surface area (TPSA) is 118 Å². The van der Waals surface area contributed by atoms with Gasteiger partial charge in [0.15, 0.2) is 0 Å². The minimum atomic E-state index is -0.804. The van der Waals surface area contributed by atoms with Gasteiger partial charge in [0.1, 0.15) is 5.84 Å². The predicted octanol–water partition coefficient (Wildman–Crippen LogP) is 2.25. The minimum absolute atomic E-state index is 0.0256. The van der Waals surface area contributed by atoms with Gasteiger partial charge in [-0.05, 0) is 48.4 Å². The zero-order valence-corrected chi connectivity index (χ0v) is 14.3. The molecule has 0 aliphatic carbocycles. The molecule has 3 rings (SSSR count).